The molecule has 2 nitrogen and oxygen atoms in total. The van der Waals surface area contributed by atoms with Gasteiger partial charge in [0, 0.05) is 5.56 Å². The van der Waals surface area contributed by atoms with Crippen molar-refractivity contribution in [3.05, 3.63) is 77.9 Å². The van der Waals surface area contributed by atoms with Crippen molar-refractivity contribution >= 4 is 11.7 Å². The van der Waals surface area contributed by atoms with Crippen molar-refractivity contribution in [3.63, 3.8) is 0 Å². The summed E-state index contributed by atoms with van der Waals surface area (Å²) in [4.78, 5) is 11.9. The van der Waals surface area contributed by atoms with E-state index in [4.69, 9.17) is 4.74 Å². The lowest BCUT2D eigenvalue weighted by molar-refractivity contribution is 0.0692. The highest BCUT2D eigenvalue weighted by Gasteiger charge is 2.10. The summed E-state index contributed by atoms with van der Waals surface area (Å²) in [5, 5.41) is 0. The summed E-state index contributed by atoms with van der Waals surface area (Å²) in [7, 11) is 0. The lowest BCUT2D eigenvalue weighted by Gasteiger charge is -2.08. The molecule has 0 aliphatic rings. The molecule has 2 rings (SSSR count). The van der Waals surface area contributed by atoms with E-state index in [9.17, 15) is 4.79 Å². The summed E-state index contributed by atoms with van der Waals surface area (Å²) < 4.78 is 5.39. The predicted octanol–water partition coefficient (Wildman–Crippen LogP) is 3.90. The minimum Gasteiger partial charge on any atom is -0.423 e. The molecule has 2 heteroatoms. The van der Waals surface area contributed by atoms with Crippen LogP contribution >= 0.6 is 0 Å². The summed E-state index contributed by atoms with van der Waals surface area (Å²) in [5.41, 5.74) is 1.44. The van der Waals surface area contributed by atoms with Gasteiger partial charge in [0.15, 0.2) is 0 Å². The average Bonchev–Trinajstić information content (AvgIpc) is 2.46. The number of benzene rings is 2. The Labute approximate surface area is 107 Å². The molecular formula is C16H14O2. The quantitative estimate of drug-likeness (QED) is 0.598. The maximum atomic E-state index is 11.9. The molecule has 18 heavy (non-hydrogen) atoms. The highest BCUT2D eigenvalue weighted by Crippen LogP contribution is 2.17. The Hall–Kier alpha value is -2.35. The van der Waals surface area contributed by atoms with Crippen molar-refractivity contribution in [1.29, 1.82) is 0 Å². The van der Waals surface area contributed by atoms with E-state index >= 15 is 0 Å². The maximum Gasteiger partial charge on any atom is 0.343 e. The van der Waals surface area contributed by atoms with Crippen molar-refractivity contribution in [2.24, 2.45) is 0 Å². The molecule has 0 aliphatic heterocycles. The first-order valence-corrected chi connectivity index (χ1v) is 5.80. The van der Waals surface area contributed by atoms with Crippen molar-refractivity contribution in [2.45, 2.75) is 6.92 Å². The number of hydrogen-bond donors (Lipinski definition) is 0. The first-order chi connectivity index (χ1) is 8.81. The lowest BCUT2D eigenvalue weighted by atomic mass is 10.2. The fraction of sp³-hybridized carbons (Fsp3) is 0.0625. The highest BCUT2D eigenvalue weighted by atomic mass is 16.5. The van der Waals surface area contributed by atoms with Crippen LogP contribution in [0.25, 0.3) is 5.76 Å². The van der Waals surface area contributed by atoms with Crippen molar-refractivity contribution in [2.75, 3.05) is 0 Å². The summed E-state index contributed by atoms with van der Waals surface area (Å²) >= 11 is 0. The fourth-order valence-corrected chi connectivity index (χ4v) is 1.62. The number of hydrogen-bond acceptors (Lipinski definition) is 2. The van der Waals surface area contributed by atoms with Crippen LogP contribution in [-0.4, -0.2) is 5.97 Å². The maximum absolute atomic E-state index is 11.9. The van der Waals surface area contributed by atoms with Gasteiger partial charge in [-0.2, -0.15) is 0 Å². The highest BCUT2D eigenvalue weighted by molar-refractivity contribution is 5.92. The van der Waals surface area contributed by atoms with E-state index < -0.39 is 0 Å². The van der Waals surface area contributed by atoms with Crippen LogP contribution in [0.5, 0.6) is 0 Å². The third-order valence-corrected chi connectivity index (χ3v) is 2.53. The van der Waals surface area contributed by atoms with Gasteiger partial charge < -0.3 is 4.74 Å². The van der Waals surface area contributed by atoms with E-state index in [1.54, 1.807) is 18.2 Å². The first-order valence-electron chi connectivity index (χ1n) is 5.80. The molecule has 0 radical (unpaired) electrons. The lowest BCUT2D eigenvalue weighted by Crippen LogP contribution is -2.04. The average molecular weight is 238 g/mol. The van der Waals surface area contributed by atoms with Crippen molar-refractivity contribution < 1.29 is 9.53 Å². The standard InChI is InChI=1S/C16H14O2/c1-2-15(13-9-5-3-6-10-13)18-16(17)14-11-7-4-8-12-14/h2-12H,1H3/b15-2+. The third kappa shape index (κ3) is 2.86. The Bertz CT molecular complexity index is 542. The molecule has 0 amide bonds. The zero-order valence-corrected chi connectivity index (χ0v) is 10.2. The molecule has 2 aromatic rings. The van der Waals surface area contributed by atoms with Crippen LogP contribution in [0, 0.1) is 0 Å². The number of carbonyl (C=O) groups excluding carboxylic acids is 1. The van der Waals surface area contributed by atoms with E-state index in [-0.39, 0.29) is 5.97 Å². The van der Waals surface area contributed by atoms with Crippen molar-refractivity contribution in [1.82, 2.24) is 0 Å². The molecule has 0 aromatic heterocycles. The smallest absolute Gasteiger partial charge is 0.343 e. The molecule has 0 aliphatic carbocycles. The second kappa shape index (κ2) is 5.82. The molecular weight excluding hydrogens is 224 g/mol. The number of ether oxygens (including phenoxy) is 1. The molecule has 0 heterocycles. The molecule has 0 spiro atoms. The Morgan fingerprint density at radius 3 is 1.89 bits per heavy atom. The SMILES string of the molecule is C/C=C(/OC(=O)c1ccccc1)c1ccccc1. The van der Waals surface area contributed by atoms with Gasteiger partial charge >= 0.3 is 5.97 Å². The first kappa shape index (κ1) is 12.1. The summed E-state index contributed by atoms with van der Waals surface area (Å²) in [5.74, 6) is 0.233. The minimum absolute atomic E-state index is 0.340. The molecule has 90 valence electrons. The van der Waals surface area contributed by atoms with E-state index in [0.717, 1.165) is 5.56 Å². The molecule has 0 fully saturated rings. The number of allylic oxidation sites excluding steroid dienone is 1. The van der Waals surface area contributed by atoms with Gasteiger partial charge in [-0.1, -0.05) is 48.5 Å². The van der Waals surface area contributed by atoms with Gasteiger partial charge in [-0.25, -0.2) is 4.79 Å². The molecule has 0 unspecified atom stereocenters. The summed E-state index contributed by atoms with van der Waals surface area (Å²) in [6.45, 7) is 1.85. The third-order valence-electron chi connectivity index (χ3n) is 2.53. The van der Waals surface area contributed by atoms with Crippen LogP contribution in [0.3, 0.4) is 0 Å². The van der Waals surface area contributed by atoms with Crippen LogP contribution in [0.15, 0.2) is 66.7 Å². The number of esters is 1. The van der Waals surface area contributed by atoms with E-state index in [2.05, 4.69) is 0 Å². The van der Waals surface area contributed by atoms with Gasteiger partial charge in [0.05, 0.1) is 5.56 Å². The van der Waals surface area contributed by atoms with Crippen LogP contribution in [0.1, 0.15) is 22.8 Å². The van der Waals surface area contributed by atoms with Gasteiger partial charge in [-0.05, 0) is 25.1 Å². The monoisotopic (exact) mass is 238 g/mol. The zero-order valence-electron chi connectivity index (χ0n) is 10.2. The molecule has 2 aromatic carbocycles. The Morgan fingerprint density at radius 2 is 1.39 bits per heavy atom. The molecule has 0 saturated carbocycles. The largest absolute Gasteiger partial charge is 0.423 e. The Balaban J connectivity index is 2.16. The van der Waals surface area contributed by atoms with Gasteiger partial charge in [0.2, 0.25) is 0 Å². The second-order valence-corrected chi connectivity index (χ2v) is 3.77. The van der Waals surface area contributed by atoms with Gasteiger partial charge in [0.1, 0.15) is 5.76 Å². The van der Waals surface area contributed by atoms with Gasteiger partial charge in [-0.3, -0.25) is 0 Å². The fourth-order valence-electron chi connectivity index (χ4n) is 1.62. The summed E-state index contributed by atoms with van der Waals surface area (Å²) in [6, 6.07) is 18.5. The van der Waals surface area contributed by atoms with E-state index in [0.29, 0.717) is 11.3 Å². The van der Waals surface area contributed by atoms with E-state index in [1.165, 1.54) is 0 Å². The molecule has 0 atom stereocenters. The predicted molar refractivity (Wildman–Crippen MR) is 72.0 cm³/mol. The van der Waals surface area contributed by atoms with Gasteiger partial charge in [-0.15, -0.1) is 0 Å². The van der Waals surface area contributed by atoms with Crippen LogP contribution in [-0.2, 0) is 4.74 Å². The second-order valence-electron chi connectivity index (χ2n) is 3.77. The molecule has 0 bridgehead atoms. The minimum atomic E-state index is -0.340. The summed E-state index contributed by atoms with van der Waals surface area (Å²) in [6.07, 6.45) is 1.79. The Morgan fingerprint density at radius 1 is 0.889 bits per heavy atom. The van der Waals surface area contributed by atoms with Crippen LogP contribution in [0.2, 0.25) is 0 Å². The molecule has 0 saturated heterocycles. The van der Waals surface area contributed by atoms with E-state index in [1.807, 2.05) is 55.5 Å². The van der Waals surface area contributed by atoms with Gasteiger partial charge in [0.25, 0.3) is 0 Å². The number of carbonyl (C=O) groups is 1. The number of rotatable bonds is 3. The molecule has 0 N–H and O–H groups in total. The normalized spacial score (nSPS) is 11.1. The van der Waals surface area contributed by atoms with Crippen molar-refractivity contribution in [3.8, 4) is 0 Å². The topological polar surface area (TPSA) is 26.3 Å². The van der Waals surface area contributed by atoms with Crippen LogP contribution in [0.4, 0.5) is 0 Å². The zero-order chi connectivity index (χ0) is 12.8. The Kier molecular flexibility index (Phi) is 3.92. The van der Waals surface area contributed by atoms with Crippen LogP contribution < -0.4 is 0 Å².